The van der Waals surface area contributed by atoms with Gasteiger partial charge in [-0.25, -0.2) is 4.99 Å². The molecule has 0 amide bonds. The summed E-state index contributed by atoms with van der Waals surface area (Å²) in [5.74, 6) is 0.401. The van der Waals surface area contributed by atoms with Crippen LogP contribution in [-0.2, 0) is 4.74 Å². The van der Waals surface area contributed by atoms with E-state index in [0.29, 0.717) is 5.88 Å². The normalized spacial score (nSPS) is 9.56. The molecule has 0 saturated carbocycles. The molecule has 0 heterocycles. The van der Waals surface area contributed by atoms with Gasteiger partial charge in [0.05, 0.1) is 7.11 Å². The topological polar surface area (TPSA) is 21.6 Å². The van der Waals surface area contributed by atoms with E-state index in [-0.39, 0.29) is 0 Å². The Hall–Kier alpha value is -1.05. The van der Waals surface area contributed by atoms with Gasteiger partial charge in [-0.1, -0.05) is 6.58 Å². The highest BCUT2D eigenvalue weighted by molar-refractivity contribution is 5.77. The van der Waals surface area contributed by atoms with Gasteiger partial charge in [-0.05, 0) is 19.1 Å². The van der Waals surface area contributed by atoms with Crippen LogP contribution < -0.4 is 0 Å². The van der Waals surface area contributed by atoms with Crippen LogP contribution in [0.5, 0.6) is 0 Å². The Balaban J connectivity index is 3.71. The van der Waals surface area contributed by atoms with Gasteiger partial charge in [-0.2, -0.15) is 0 Å². The minimum Gasteiger partial charge on any atom is -0.481 e. The Morgan fingerprint density at radius 3 is 2.44 bits per heavy atom. The quantitative estimate of drug-likeness (QED) is 0.416. The lowest BCUT2D eigenvalue weighted by molar-refractivity contribution is 0.291. The number of rotatable bonds is 3. The molecule has 2 nitrogen and oxygen atoms in total. The van der Waals surface area contributed by atoms with Crippen LogP contribution in [0.15, 0.2) is 29.6 Å². The third-order valence-electron chi connectivity index (χ3n) is 0.665. The summed E-state index contributed by atoms with van der Waals surface area (Å²) in [4.78, 5) is 3.80. The third kappa shape index (κ3) is 4.81. The summed E-state index contributed by atoms with van der Waals surface area (Å²) >= 11 is 0. The molecule has 50 valence electrons. The summed E-state index contributed by atoms with van der Waals surface area (Å²) in [6, 6.07) is 0. The largest absolute Gasteiger partial charge is 0.481 e. The molecule has 0 aromatic rings. The van der Waals surface area contributed by atoms with E-state index in [4.69, 9.17) is 0 Å². The van der Waals surface area contributed by atoms with Crippen molar-refractivity contribution in [1.82, 2.24) is 0 Å². The number of hydrogen-bond donors (Lipinski definition) is 0. The van der Waals surface area contributed by atoms with Crippen LogP contribution in [0.4, 0.5) is 0 Å². The van der Waals surface area contributed by atoms with E-state index in [9.17, 15) is 0 Å². The van der Waals surface area contributed by atoms with Crippen molar-refractivity contribution in [3.63, 3.8) is 0 Å². The number of methoxy groups -OCH3 is 1. The number of ether oxygens (including phenoxy) is 1. The van der Waals surface area contributed by atoms with Crippen molar-refractivity contribution in [2.75, 3.05) is 7.11 Å². The first kappa shape index (κ1) is 7.95. The maximum atomic E-state index is 4.67. The number of allylic oxidation sites excluding steroid dienone is 1. The van der Waals surface area contributed by atoms with Gasteiger partial charge < -0.3 is 4.74 Å². The van der Waals surface area contributed by atoms with Crippen molar-refractivity contribution in [2.45, 2.75) is 6.92 Å². The second-order valence-corrected chi connectivity index (χ2v) is 1.70. The van der Waals surface area contributed by atoms with Gasteiger partial charge in [0, 0.05) is 6.21 Å². The first-order valence-corrected chi connectivity index (χ1v) is 2.59. The van der Waals surface area contributed by atoms with Gasteiger partial charge in [-0.3, -0.25) is 0 Å². The molecule has 0 unspecified atom stereocenters. The van der Waals surface area contributed by atoms with Gasteiger partial charge in [0.2, 0.25) is 5.88 Å². The fourth-order valence-electron chi connectivity index (χ4n) is 0.235. The molecule has 9 heavy (non-hydrogen) atoms. The Bertz CT molecular complexity index is 147. The van der Waals surface area contributed by atoms with Crippen molar-refractivity contribution < 1.29 is 4.74 Å². The molecule has 0 fully saturated rings. The second-order valence-electron chi connectivity index (χ2n) is 1.70. The number of hydrogen-bond acceptors (Lipinski definition) is 2. The van der Waals surface area contributed by atoms with Crippen molar-refractivity contribution in [1.29, 1.82) is 0 Å². The molecule has 0 saturated heterocycles. The summed E-state index contributed by atoms with van der Waals surface area (Å²) in [5.41, 5.74) is 0.883. The molecule has 0 atom stereocenters. The summed E-state index contributed by atoms with van der Waals surface area (Å²) in [7, 11) is 1.53. The van der Waals surface area contributed by atoms with Crippen LogP contribution in [0.1, 0.15) is 6.92 Å². The van der Waals surface area contributed by atoms with Crippen LogP contribution in [0.2, 0.25) is 0 Å². The molecule has 0 bridgehead atoms. The zero-order valence-corrected chi connectivity index (χ0v) is 5.85. The second kappa shape index (κ2) is 3.89. The average molecular weight is 125 g/mol. The van der Waals surface area contributed by atoms with Gasteiger partial charge in [0.1, 0.15) is 0 Å². The Kier molecular flexibility index (Phi) is 3.44. The van der Waals surface area contributed by atoms with Crippen LogP contribution in [0.25, 0.3) is 0 Å². The van der Waals surface area contributed by atoms with Crippen LogP contribution >= 0.6 is 0 Å². The Morgan fingerprint density at radius 1 is 1.56 bits per heavy atom. The molecule has 0 aromatic heterocycles. The Morgan fingerprint density at radius 2 is 2.11 bits per heavy atom. The first-order chi connectivity index (χ1) is 4.16. The highest BCUT2D eigenvalue weighted by atomic mass is 16.5. The zero-order valence-electron chi connectivity index (χ0n) is 5.85. The highest BCUT2D eigenvalue weighted by Gasteiger charge is 1.80. The van der Waals surface area contributed by atoms with Gasteiger partial charge >= 0.3 is 0 Å². The molecule has 0 aromatic carbocycles. The van der Waals surface area contributed by atoms with Crippen LogP contribution in [0.3, 0.4) is 0 Å². The van der Waals surface area contributed by atoms with E-state index >= 15 is 0 Å². The van der Waals surface area contributed by atoms with E-state index in [1.807, 2.05) is 6.92 Å². The summed E-state index contributed by atoms with van der Waals surface area (Å²) < 4.78 is 4.67. The van der Waals surface area contributed by atoms with Gasteiger partial charge in [-0.15, -0.1) is 0 Å². The lowest BCUT2D eigenvalue weighted by atomic mass is 10.4. The standard InChI is InChI=1S/C7H11NO/c1-6(2)5-8-7(3)9-4/h5H,1,3H2,2,4H3/b8-5-. The summed E-state index contributed by atoms with van der Waals surface area (Å²) in [5, 5.41) is 0. The van der Waals surface area contributed by atoms with E-state index in [0.717, 1.165) is 5.57 Å². The highest BCUT2D eigenvalue weighted by Crippen LogP contribution is 1.91. The molecule has 0 rings (SSSR count). The maximum absolute atomic E-state index is 4.67. The smallest absolute Gasteiger partial charge is 0.205 e. The zero-order chi connectivity index (χ0) is 7.28. The minimum atomic E-state index is 0.401. The van der Waals surface area contributed by atoms with Crippen LogP contribution in [-0.4, -0.2) is 13.3 Å². The van der Waals surface area contributed by atoms with Gasteiger partial charge in [0.15, 0.2) is 0 Å². The summed E-state index contributed by atoms with van der Waals surface area (Å²) in [6.45, 7) is 8.95. The van der Waals surface area contributed by atoms with E-state index in [1.165, 1.54) is 7.11 Å². The van der Waals surface area contributed by atoms with E-state index in [1.54, 1.807) is 6.21 Å². The lowest BCUT2D eigenvalue weighted by Gasteiger charge is -1.93. The molecule has 0 radical (unpaired) electrons. The van der Waals surface area contributed by atoms with Crippen molar-refractivity contribution in [3.05, 3.63) is 24.6 Å². The van der Waals surface area contributed by atoms with Gasteiger partial charge in [0.25, 0.3) is 0 Å². The molecule has 2 heteroatoms. The molecule has 0 N–H and O–H groups in total. The molecular formula is C7H11NO. The monoisotopic (exact) mass is 125 g/mol. The van der Waals surface area contributed by atoms with E-state index in [2.05, 4.69) is 22.9 Å². The predicted octanol–water partition coefficient (Wildman–Crippen LogP) is 1.75. The van der Waals surface area contributed by atoms with Crippen molar-refractivity contribution >= 4 is 6.21 Å². The SMILES string of the molecule is C=C(C)/C=N\C(=C)OC. The maximum Gasteiger partial charge on any atom is 0.205 e. The fraction of sp³-hybridized carbons (Fsp3) is 0.286. The number of nitrogens with zero attached hydrogens (tertiary/aromatic N) is 1. The Labute approximate surface area is 55.6 Å². The fourth-order valence-corrected chi connectivity index (χ4v) is 0.235. The van der Waals surface area contributed by atoms with Crippen molar-refractivity contribution in [2.24, 2.45) is 4.99 Å². The molecule has 0 spiro atoms. The number of aliphatic imine (C=N–C) groups is 1. The molecule has 0 aliphatic rings. The minimum absolute atomic E-state index is 0.401. The predicted molar refractivity (Wildman–Crippen MR) is 39.5 cm³/mol. The first-order valence-electron chi connectivity index (χ1n) is 2.59. The van der Waals surface area contributed by atoms with Crippen molar-refractivity contribution in [3.8, 4) is 0 Å². The molecular weight excluding hydrogens is 114 g/mol. The molecule has 0 aliphatic heterocycles. The third-order valence-corrected chi connectivity index (χ3v) is 0.665. The summed E-state index contributed by atoms with van der Waals surface area (Å²) in [6.07, 6.45) is 1.60. The van der Waals surface area contributed by atoms with E-state index < -0.39 is 0 Å². The average Bonchev–Trinajstić information content (AvgIpc) is 1.83. The van der Waals surface area contributed by atoms with Crippen LogP contribution in [0, 0.1) is 0 Å². The molecule has 0 aliphatic carbocycles. The lowest BCUT2D eigenvalue weighted by Crippen LogP contribution is -1.80.